The molecule has 110 valence electrons. The van der Waals surface area contributed by atoms with Gasteiger partial charge in [0.25, 0.3) is 0 Å². The van der Waals surface area contributed by atoms with Gasteiger partial charge in [0.2, 0.25) is 0 Å². The Morgan fingerprint density at radius 2 is 1.74 bits per heavy atom. The van der Waals surface area contributed by atoms with Gasteiger partial charge in [-0.3, -0.25) is 0 Å². The Morgan fingerprint density at radius 3 is 2.37 bits per heavy atom. The summed E-state index contributed by atoms with van der Waals surface area (Å²) in [7, 11) is 0. The van der Waals surface area contributed by atoms with Crippen LogP contribution in [0.2, 0.25) is 0 Å². The maximum atomic E-state index is 12.0. The SMILES string of the molecule is CC1CC(NC(=O)NC2CCCCC2O)CC(C)O1. The Labute approximate surface area is 115 Å². The summed E-state index contributed by atoms with van der Waals surface area (Å²) in [6.45, 7) is 4.07. The van der Waals surface area contributed by atoms with Gasteiger partial charge in [-0.2, -0.15) is 0 Å². The third kappa shape index (κ3) is 4.35. The van der Waals surface area contributed by atoms with E-state index < -0.39 is 6.10 Å². The van der Waals surface area contributed by atoms with Gasteiger partial charge >= 0.3 is 6.03 Å². The lowest BCUT2D eigenvalue weighted by Crippen LogP contribution is -2.53. The minimum absolute atomic E-state index is 0.0940. The van der Waals surface area contributed by atoms with Gasteiger partial charge in [0.15, 0.2) is 0 Å². The number of urea groups is 1. The first kappa shape index (κ1) is 14.6. The fourth-order valence-electron chi connectivity index (χ4n) is 3.20. The van der Waals surface area contributed by atoms with E-state index >= 15 is 0 Å². The predicted molar refractivity (Wildman–Crippen MR) is 73.0 cm³/mol. The molecule has 3 N–H and O–H groups in total. The van der Waals surface area contributed by atoms with Crippen molar-refractivity contribution in [3.05, 3.63) is 0 Å². The molecule has 1 aliphatic heterocycles. The third-order valence-corrected chi connectivity index (χ3v) is 4.08. The van der Waals surface area contributed by atoms with Crippen LogP contribution >= 0.6 is 0 Å². The Kier molecular flexibility index (Phi) is 5.05. The Hall–Kier alpha value is -0.810. The zero-order valence-electron chi connectivity index (χ0n) is 11.9. The summed E-state index contributed by atoms with van der Waals surface area (Å²) >= 11 is 0. The van der Waals surface area contributed by atoms with Crippen LogP contribution in [0, 0.1) is 0 Å². The second-order valence-corrected chi connectivity index (χ2v) is 6.00. The molecule has 1 saturated carbocycles. The van der Waals surface area contributed by atoms with E-state index in [2.05, 4.69) is 10.6 Å². The molecule has 19 heavy (non-hydrogen) atoms. The van der Waals surface area contributed by atoms with E-state index in [-0.39, 0.29) is 30.3 Å². The lowest BCUT2D eigenvalue weighted by molar-refractivity contribution is -0.0403. The number of nitrogens with one attached hydrogen (secondary N) is 2. The molecule has 2 amide bonds. The van der Waals surface area contributed by atoms with Gasteiger partial charge in [-0.15, -0.1) is 0 Å². The molecule has 4 atom stereocenters. The maximum absolute atomic E-state index is 12.0. The van der Waals surface area contributed by atoms with Crippen molar-refractivity contribution in [1.29, 1.82) is 0 Å². The van der Waals surface area contributed by atoms with Crippen LogP contribution in [0.3, 0.4) is 0 Å². The van der Waals surface area contributed by atoms with Crippen molar-refractivity contribution < 1.29 is 14.6 Å². The summed E-state index contributed by atoms with van der Waals surface area (Å²) in [4.78, 5) is 12.0. The number of rotatable bonds is 2. The summed E-state index contributed by atoms with van der Waals surface area (Å²) in [6.07, 6.45) is 5.47. The Balaban J connectivity index is 1.77. The fraction of sp³-hybridized carbons (Fsp3) is 0.929. The van der Waals surface area contributed by atoms with Gasteiger partial charge in [0, 0.05) is 6.04 Å². The van der Waals surface area contributed by atoms with Crippen LogP contribution in [-0.2, 0) is 4.74 Å². The first-order chi connectivity index (χ1) is 9.04. The largest absolute Gasteiger partial charge is 0.391 e. The normalized spacial score (nSPS) is 39.6. The highest BCUT2D eigenvalue weighted by Gasteiger charge is 2.28. The third-order valence-electron chi connectivity index (χ3n) is 4.08. The van der Waals surface area contributed by atoms with Gasteiger partial charge < -0.3 is 20.5 Å². The van der Waals surface area contributed by atoms with Crippen molar-refractivity contribution in [3.63, 3.8) is 0 Å². The highest BCUT2D eigenvalue weighted by molar-refractivity contribution is 5.74. The molecule has 4 unspecified atom stereocenters. The van der Waals surface area contributed by atoms with E-state index in [1.54, 1.807) is 0 Å². The summed E-state index contributed by atoms with van der Waals surface area (Å²) in [5.74, 6) is 0. The molecule has 5 heteroatoms. The summed E-state index contributed by atoms with van der Waals surface area (Å²) < 4.78 is 5.65. The van der Waals surface area contributed by atoms with Crippen molar-refractivity contribution in [2.75, 3.05) is 0 Å². The van der Waals surface area contributed by atoms with E-state index in [1.165, 1.54) is 0 Å². The highest BCUT2D eigenvalue weighted by Crippen LogP contribution is 2.20. The van der Waals surface area contributed by atoms with E-state index in [0.29, 0.717) is 0 Å². The van der Waals surface area contributed by atoms with Gasteiger partial charge in [-0.25, -0.2) is 4.79 Å². The van der Waals surface area contributed by atoms with Crippen LogP contribution in [-0.4, -0.2) is 41.5 Å². The van der Waals surface area contributed by atoms with E-state index in [9.17, 15) is 9.90 Å². The highest BCUT2D eigenvalue weighted by atomic mass is 16.5. The van der Waals surface area contributed by atoms with Crippen molar-refractivity contribution in [2.24, 2.45) is 0 Å². The second-order valence-electron chi connectivity index (χ2n) is 6.00. The number of aliphatic hydroxyl groups excluding tert-OH is 1. The number of carbonyl (C=O) groups is 1. The molecule has 0 aromatic heterocycles. The number of aliphatic hydroxyl groups is 1. The number of carbonyl (C=O) groups excluding carboxylic acids is 1. The number of amides is 2. The molecule has 2 fully saturated rings. The zero-order valence-corrected chi connectivity index (χ0v) is 11.9. The van der Waals surface area contributed by atoms with Crippen LogP contribution in [0.5, 0.6) is 0 Å². The van der Waals surface area contributed by atoms with Crippen LogP contribution in [0.25, 0.3) is 0 Å². The molecule has 0 radical (unpaired) electrons. The summed E-state index contributed by atoms with van der Waals surface area (Å²) in [5.41, 5.74) is 0. The van der Waals surface area contributed by atoms with Crippen molar-refractivity contribution in [3.8, 4) is 0 Å². The average Bonchev–Trinajstić information content (AvgIpc) is 2.30. The second kappa shape index (κ2) is 6.57. The van der Waals surface area contributed by atoms with E-state index in [0.717, 1.165) is 38.5 Å². The molecule has 1 heterocycles. The lowest BCUT2D eigenvalue weighted by atomic mass is 9.93. The number of ether oxygens (including phenoxy) is 1. The van der Waals surface area contributed by atoms with Crippen LogP contribution in [0.1, 0.15) is 52.4 Å². The molecule has 1 aliphatic carbocycles. The fourth-order valence-corrected chi connectivity index (χ4v) is 3.20. The summed E-state index contributed by atoms with van der Waals surface area (Å²) in [6, 6.07) is -0.0832. The minimum atomic E-state index is -0.396. The van der Waals surface area contributed by atoms with Crippen LogP contribution in [0.4, 0.5) is 4.79 Å². The standard InChI is InChI=1S/C14H26N2O3/c1-9-7-11(8-10(2)19-9)15-14(18)16-12-5-3-4-6-13(12)17/h9-13,17H,3-8H2,1-2H3,(H2,15,16,18). The van der Waals surface area contributed by atoms with Gasteiger partial charge in [-0.05, 0) is 39.5 Å². The van der Waals surface area contributed by atoms with Crippen molar-refractivity contribution in [1.82, 2.24) is 10.6 Å². The van der Waals surface area contributed by atoms with E-state index in [1.807, 2.05) is 13.8 Å². The Bertz CT molecular complexity index is 301. The topological polar surface area (TPSA) is 70.6 Å². The molecular weight excluding hydrogens is 244 g/mol. The zero-order chi connectivity index (χ0) is 13.8. The minimum Gasteiger partial charge on any atom is -0.391 e. The molecule has 5 nitrogen and oxygen atoms in total. The molecule has 0 spiro atoms. The van der Waals surface area contributed by atoms with Gasteiger partial charge in [0.1, 0.15) is 0 Å². The van der Waals surface area contributed by atoms with Crippen LogP contribution in [0.15, 0.2) is 0 Å². The molecular formula is C14H26N2O3. The van der Waals surface area contributed by atoms with Crippen LogP contribution < -0.4 is 10.6 Å². The summed E-state index contributed by atoms with van der Waals surface area (Å²) in [5, 5.41) is 15.8. The number of hydrogen-bond donors (Lipinski definition) is 3. The van der Waals surface area contributed by atoms with E-state index in [4.69, 9.17) is 4.74 Å². The maximum Gasteiger partial charge on any atom is 0.315 e. The molecule has 2 rings (SSSR count). The predicted octanol–water partition coefficient (Wildman–Crippen LogP) is 1.55. The monoisotopic (exact) mass is 270 g/mol. The molecule has 0 aromatic rings. The molecule has 0 aromatic carbocycles. The quantitative estimate of drug-likeness (QED) is 0.713. The lowest BCUT2D eigenvalue weighted by Gasteiger charge is -2.34. The molecule has 2 aliphatic rings. The van der Waals surface area contributed by atoms with Gasteiger partial charge in [-0.1, -0.05) is 12.8 Å². The molecule has 0 bridgehead atoms. The first-order valence-corrected chi connectivity index (χ1v) is 7.45. The average molecular weight is 270 g/mol. The Morgan fingerprint density at radius 1 is 1.11 bits per heavy atom. The smallest absolute Gasteiger partial charge is 0.315 e. The van der Waals surface area contributed by atoms with Gasteiger partial charge in [0.05, 0.1) is 24.4 Å². The molecule has 1 saturated heterocycles. The first-order valence-electron chi connectivity index (χ1n) is 7.45. The number of hydrogen-bond acceptors (Lipinski definition) is 3. The van der Waals surface area contributed by atoms with Crippen molar-refractivity contribution in [2.45, 2.75) is 82.8 Å². The van der Waals surface area contributed by atoms with Crippen molar-refractivity contribution >= 4 is 6.03 Å².